The number of carbonyl (C=O) groups excluding carboxylic acids is 1. The molecule has 0 aliphatic heterocycles. The van der Waals surface area contributed by atoms with E-state index in [0.717, 1.165) is 46.3 Å². The fraction of sp³-hybridized carbons (Fsp3) is 0.391. The van der Waals surface area contributed by atoms with Crippen LogP contribution in [0.3, 0.4) is 0 Å². The van der Waals surface area contributed by atoms with E-state index in [-0.39, 0.29) is 18.3 Å². The molecule has 8 heteroatoms. The van der Waals surface area contributed by atoms with Gasteiger partial charge in [-0.15, -0.1) is 24.2 Å². The molecular weight excluding hydrogens is 469 g/mol. The normalized spacial score (nSPS) is 11.0. The van der Waals surface area contributed by atoms with Crippen LogP contribution in [0.2, 0.25) is 5.02 Å². The molecule has 1 amide bonds. The maximum atomic E-state index is 13.2. The second kappa shape index (κ2) is 12.7. The average Bonchev–Trinajstić information content (AvgIpc) is 3.19. The summed E-state index contributed by atoms with van der Waals surface area (Å²) in [5.74, 6) is 0.451. The lowest BCUT2D eigenvalue weighted by Crippen LogP contribution is -2.39. The minimum atomic E-state index is 0. The number of halogens is 2. The van der Waals surface area contributed by atoms with Crippen LogP contribution in [0.5, 0.6) is 0 Å². The number of hydrogen-bond acceptors (Lipinski definition) is 5. The molecule has 2 aromatic carbocycles. The number of anilines is 1. The molecule has 0 atom stereocenters. The zero-order valence-corrected chi connectivity index (χ0v) is 21.3. The Labute approximate surface area is 204 Å². The van der Waals surface area contributed by atoms with E-state index in [9.17, 15) is 4.79 Å². The third-order valence-electron chi connectivity index (χ3n) is 5.09. The van der Waals surface area contributed by atoms with E-state index in [0.29, 0.717) is 17.3 Å². The van der Waals surface area contributed by atoms with Gasteiger partial charge in [-0.25, -0.2) is 4.98 Å². The van der Waals surface area contributed by atoms with Gasteiger partial charge in [-0.2, -0.15) is 0 Å². The fourth-order valence-corrected chi connectivity index (χ4v) is 5.13. The molecule has 0 spiro atoms. The summed E-state index contributed by atoms with van der Waals surface area (Å²) in [7, 11) is 0. The number of fused-ring (bicyclic) bond motifs is 1. The predicted molar refractivity (Wildman–Crippen MR) is 139 cm³/mol. The molecule has 4 nitrogen and oxygen atoms in total. The first kappa shape index (κ1) is 25.9. The Morgan fingerprint density at radius 1 is 1.06 bits per heavy atom. The topological polar surface area (TPSA) is 36.4 Å². The lowest BCUT2D eigenvalue weighted by atomic mass is 10.2. The number of likely N-dealkylation sites (N-methyl/N-ethyl adjacent to an activating group) is 1. The van der Waals surface area contributed by atoms with E-state index in [1.165, 1.54) is 17.3 Å². The molecule has 0 N–H and O–H groups in total. The third-order valence-corrected chi connectivity index (χ3v) is 7.38. The largest absolute Gasteiger partial charge is 0.302 e. The summed E-state index contributed by atoms with van der Waals surface area (Å²) in [5, 5.41) is 1.49. The Morgan fingerprint density at radius 3 is 2.42 bits per heavy atom. The number of thioether (sulfide) groups is 1. The molecule has 3 aromatic rings. The summed E-state index contributed by atoms with van der Waals surface area (Å²) in [6.45, 7) is 9.86. The van der Waals surface area contributed by atoms with Crippen LogP contribution in [0.15, 0.2) is 47.4 Å². The van der Waals surface area contributed by atoms with Crippen LogP contribution < -0.4 is 4.90 Å². The monoisotopic (exact) mass is 497 g/mol. The molecule has 0 radical (unpaired) electrons. The van der Waals surface area contributed by atoms with Crippen molar-refractivity contribution in [2.45, 2.75) is 32.1 Å². The van der Waals surface area contributed by atoms with Crippen LogP contribution in [0.1, 0.15) is 26.3 Å². The van der Waals surface area contributed by atoms with Gasteiger partial charge in [-0.1, -0.05) is 49.8 Å². The second-order valence-electron chi connectivity index (χ2n) is 6.97. The van der Waals surface area contributed by atoms with Gasteiger partial charge in [0.15, 0.2) is 5.13 Å². The Bertz CT molecular complexity index is 975. The molecule has 3 rings (SSSR count). The smallest absolute Gasteiger partial charge is 0.239 e. The highest BCUT2D eigenvalue weighted by atomic mass is 35.5. The SMILES string of the molecule is CCc1ccc2nc(N(CCN(CC)CC)C(=O)CSc3ccc(Cl)cc3)sc2c1.Cl. The zero-order valence-electron chi connectivity index (χ0n) is 18.1. The maximum Gasteiger partial charge on any atom is 0.239 e. The first-order valence-electron chi connectivity index (χ1n) is 10.3. The van der Waals surface area contributed by atoms with Crippen molar-refractivity contribution < 1.29 is 4.79 Å². The second-order valence-corrected chi connectivity index (χ2v) is 9.46. The Hall–Kier alpha value is -1.31. The van der Waals surface area contributed by atoms with E-state index in [4.69, 9.17) is 16.6 Å². The van der Waals surface area contributed by atoms with Gasteiger partial charge in [-0.3, -0.25) is 9.69 Å². The Kier molecular flexibility index (Phi) is 10.6. The highest BCUT2D eigenvalue weighted by Crippen LogP contribution is 2.31. The van der Waals surface area contributed by atoms with Gasteiger partial charge in [-0.05, 0) is 61.5 Å². The van der Waals surface area contributed by atoms with Gasteiger partial charge in [0.1, 0.15) is 0 Å². The van der Waals surface area contributed by atoms with Crippen molar-refractivity contribution in [3.8, 4) is 0 Å². The van der Waals surface area contributed by atoms with Crippen LogP contribution in [-0.4, -0.2) is 47.7 Å². The van der Waals surface area contributed by atoms with Crippen molar-refractivity contribution in [1.82, 2.24) is 9.88 Å². The lowest BCUT2D eigenvalue weighted by Gasteiger charge is -2.24. The predicted octanol–water partition coefficient (Wildman–Crippen LogP) is 6.40. The number of rotatable bonds is 10. The van der Waals surface area contributed by atoms with Crippen LogP contribution in [0, 0.1) is 0 Å². The average molecular weight is 499 g/mol. The standard InChI is InChI=1S/C23H28ClN3OS2.ClH/c1-4-17-7-12-20-21(15-17)30-23(25-20)27(14-13-26(5-2)6-3)22(28)16-29-19-10-8-18(24)9-11-19;/h7-12,15H,4-6,13-14,16H2,1-3H3;1H. The van der Waals surface area contributed by atoms with Crippen molar-refractivity contribution in [2.75, 3.05) is 36.8 Å². The quantitative estimate of drug-likeness (QED) is 0.303. The minimum absolute atomic E-state index is 0. The van der Waals surface area contributed by atoms with E-state index >= 15 is 0 Å². The van der Waals surface area contributed by atoms with Gasteiger partial charge in [0, 0.05) is 23.0 Å². The van der Waals surface area contributed by atoms with E-state index in [1.807, 2.05) is 29.2 Å². The summed E-state index contributed by atoms with van der Waals surface area (Å²) < 4.78 is 1.13. The molecule has 0 aliphatic carbocycles. The van der Waals surface area contributed by atoms with E-state index in [2.05, 4.69) is 43.9 Å². The van der Waals surface area contributed by atoms with E-state index < -0.39 is 0 Å². The van der Waals surface area contributed by atoms with Crippen LogP contribution >= 0.6 is 47.1 Å². The lowest BCUT2D eigenvalue weighted by molar-refractivity contribution is -0.116. The Balaban J connectivity index is 0.00000341. The Morgan fingerprint density at radius 2 is 1.77 bits per heavy atom. The number of hydrogen-bond donors (Lipinski definition) is 0. The molecule has 0 unspecified atom stereocenters. The third kappa shape index (κ3) is 7.09. The summed E-state index contributed by atoms with van der Waals surface area (Å²) in [4.78, 5) is 23.2. The molecule has 1 heterocycles. The minimum Gasteiger partial charge on any atom is -0.302 e. The number of carbonyl (C=O) groups is 1. The van der Waals surface area contributed by atoms with Crippen LogP contribution in [0.25, 0.3) is 10.2 Å². The first-order chi connectivity index (χ1) is 14.5. The summed E-state index contributed by atoms with van der Waals surface area (Å²) in [6.07, 6.45) is 0.992. The molecule has 0 bridgehead atoms. The molecule has 31 heavy (non-hydrogen) atoms. The highest BCUT2D eigenvalue weighted by molar-refractivity contribution is 8.00. The van der Waals surface area contributed by atoms with Crippen molar-refractivity contribution in [2.24, 2.45) is 0 Å². The van der Waals surface area contributed by atoms with Crippen molar-refractivity contribution in [1.29, 1.82) is 0 Å². The number of thiazole rings is 1. The van der Waals surface area contributed by atoms with Gasteiger partial charge in [0.05, 0.1) is 16.0 Å². The number of aryl methyl sites for hydroxylation is 1. The maximum absolute atomic E-state index is 13.2. The number of amides is 1. The van der Waals surface area contributed by atoms with Gasteiger partial charge in [0.2, 0.25) is 5.91 Å². The van der Waals surface area contributed by atoms with Crippen molar-refractivity contribution in [3.05, 3.63) is 53.1 Å². The van der Waals surface area contributed by atoms with Crippen molar-refractivity contribution in [3.63, 3.8) is 0 Å². The summed E-state index contributed by atoms with van der Waals surface area (Å²) in [5.41, 5.74) is 2.25. The van der Waals surface area contributed by atoms with E-state index in [1.54, 1.807) is 11.3 Å². The highest BCUT2D eigenvalue weighted by Gasteiger charge is 2.20. The molecule has 0 saturated heterocycles. The van der Waals surface area contributed by atoms with Gasteiger partial charge >= 0.3 is 0 Å². The molecule has 0 aliphatic rings. The summed E-state index contributed by atoms with van der Waals surface area (Å²) >= 11 is 9.10. The number of nitrogens with zero attached hydrogens (tertiary/aromatic N) is 3. The fourth-order valence-electron chi connectivity index (χ4n) is 3.15. The molecule has 1 aromatic heterocycles. The molecule has 0 fully saturated rings. The molecule has 168 valence electrons. The first-order valence-corrected chi connectivity index (χ1v) is 12.5. The molecular formula is C23H29Cl2N3OS2. The van der Waals surface area contributed by atoms with Crippen LogP contribution in [0.4, 0.5) is 5.13 Å². The van der Waals surface area contributed by atoms with Crippen molar-refractivity contribution >= 4 is 68.4 Å². The van der Waals surface area contributed by atoms with Gasteiger partial charge in [0.25, 0.3) is 0 Å². The number of aromatic nitrogens is 1. The van der Waals surface area contributed by atoms with Gasteiger partial charge < -0.3 is 4.90 Å². The molecule has 0 saturated carbocycles. The van der Waals surface area contributed by atoms with Crippen LogP contribution in [-0.2, 0) is 11.2 Å². The number of benzene rings is 2. The summed E-state index contributed by atoms with van der Waals surface area (Å²) in [6, 6.07) is 14.0. The zero-order chi connectivity index (χ0) is 21.5.